The molecule has 2 aromatic rings. The van der Waals surface area contributed by atoms with Crippen molar-refractivity contribution in [1.82, 2.24) is 0 Å². The molecule has 1 atom stereocenters. The first-order valence-electron chi connectivity index (χ1n) is 7.30. The number of nitrogens with zero attached hydrogens (tertiary/aromatic N) is 1. The molecule has 0 aromatic heterocycles. The summed E-state index contributed by atoms with van der Waals surface area (Å²) in [6.45, 7) is 5.09. The van der Waals surface area contributed by atoms with Gasteiger partial charge in [-0.25, -0.2) is 0 Å². The summed E-state index contributed by atoms with van der Waals surface area (Å²) in [6, 6.07) is 11.8. The van der Waals surface area contributed by atoms with E-state index in [1.165, 1.54) is 16.7 Å². The van der Waals surface area contributed by atoms with Gasteiger partial charge in [-0.1, -0.05) is 23.8 Å². The van der Waals surface area contributed by atoms with Crippen LogP contribution in [0.5, 0.6) is 11.5 Å². The van der Waals surface area contributed by atoms with Gasteiger partial charge in [0.2, 0.25) is 0 Å². The van der Waals surface area contributed by atoms with Crippen LogP contribution in [0.3, 0.4) is 0 Å². The van der Waals surface area contributed by atoms with Crippen LogP contribution in [0.1, 0.15) is 16.7 Å². The topological polar surface area (TPSA) is 32.7 Å². The van der Waals surface area contributed by atoms with E-state index in [2.05, 4.69) is 36.9 Å². The number of aryl methyl sites for hydroxylation is 2. The Balaban J connectivity index is 1.81. The van der Waals surface area contributed by atoms with Crippen LogP contribution in [-0.4, -0.2) is 24.8 Å². The predicted octanol–water partition coefficient (Wildman–Crippen LogP) is 3.45. The van der Waals surface area contributed by atoms with Crippen molar-refractivity contribution < 1.29 is 9.84 Å². The van der Waals surface area contributed by atoms with Crippen molar-refractivity contribution in [1.29, 1.82) is 0 Å². The molecule has 1 aliphatic rings. The van der Waals surface area contributed by atoms with Crippen molar-refractivity contribution in [3.05, 3.63) is 53.1 Å². The third-order valence-corrected chi connectivity index (χ3v) is 4.07. The van der Waals surface area contributed by atoms with Crippen LogP contribution in [0.4, 0.5) is 5.69 Å². The molecule has 1 aliphatic heterocycles. The molecule has 3 heteroatoms. The van der Waals surface area contributed by atoms with Crippen LogP contribution in [0, 0.1) is 13.8 Å². The van der Waals surface area contributed by atoms with Gasteiger partial charge in [0.15, 0.2) is 0 Å². The fourth-order valence-corrected chi connectivity index (χ4v) is 2.95. The van der Waals surface area contributed by atoms with Gasteiger partial charge in [-0.05, 0) is 37.1 Å². The SMILES string of the molecule is Cc1ccc(CC2CN(C)c3cc(O)ccc3O2)c(C)c1. The van der Waals surface area contributed by atoms with Gasteiger partial charge in [0.25, 0.3) is 0 Å². The lowest BCUT2D eigenvalue weighted by Gasteiger charge is -2.34. The van der Waals surface area contributed by atoms with E-state index in [9.17, 15) is 5.11 Å². The zero-order chi connectivity index (χ0) is 15.0. The van der Waals surface area contributed by atoms with E-state index in [0.717, 1.165) is 24.4 Å². The first-order valence-corrected chi connectivity index (χ1v) is 7.30. The highest BCUT2D eigenvalue weighted by molar-refractivity contribution is 5.62. The Morgan fingerprint density at radius 2 is 2.00 bits per heavy atom. The van der Waals surface area contributed by atoms with Crippen LogP contribution >= 0.6 is 0 Å². The molecule has 1 N–H and O–H groups in total. The molecule has 3 nitrogen and oxygen atoms in total. The Hall–Kier alpha value is -2.16. The summed E-state index contributed by atoms with van der Waals surface area (Å²) in [5.41, 5.74) is 4.89. The largest absolute Gasteiger partial charge is 0.508 e. The molecule has 2 aromatic carbocycles. The van der Waals surface area contributed by atoms with Gasteiger partial charge in [0.05, 0.1) is 12.2 Å². The second kappa shape index (κ2) is 5.32. The van der Waals surface area contributed by atoms with Gasteiger partial charge < -0.3 is 14.7 Å². The maximum absolute atomic E-state index is 9.59. The van der Waals surface area contributed by atoms with E-state index in [0.29, 0.717) is 0 Å². The molecule has 3 rings (SSSR count). The minimum atomic E-state index is 0.133. The number of anilines is 1. The van der Waals surface area contributed by atoms with Gasteiger partial charge in [0, 0.05) is 19.5 Å². The maximum atomic E-state index is 9.59. The Bertz CT molecular complexity index is 666. The number of fused-ring (bicyclic) bond motifs is 1. The van der Waals surface area contributed by atoms with E-state index in [1.807, 2.05) is 13.1 Å². The molecular formula is C18H21NO2. The third-order valence-electron chi connectivity index (χ3n) is 4.07. The Morgan fingerprint density at radius 3 is 2.76 bits per heavy atom. The number of hydrogen-bond acceptors (Lipinski definition) is 3. The number of hydrogen-bond donors (Lipinski definition) is 1. The fraction of sp³-hybridized carbons (Fsp3) is 0.333. The normalized spacial score (nSPS) is 17.3. The minimum Gasteiger partial charge on any atom is -0.508 e. The van der Waals surface area contributed by atoms with Crippen LogP contribution < -0.4 is 9.64 Å². The Morgan fingerprint density at radius 1 is 1.19 bits per heavy atom. The second-order valence-corrected chi connectivity index (χ2v) is 5.91. The van der Waals surface area contributed by atoms with Crippen molar-refractivity contribution >= 4 is 5.69 Å². The van der Waals surface area contributed by atoms with Crippen molar-refractivity contribution in [3.8, 4) is 11.5 Å². The standard InChI is InChI=1S/C18H21NO2/c1-12-4-5-14(13(2)8-12)9-16-11-19(3)17-10-15(20)6-7-18(17)21-16/h4-8,10,16,20H,9,11H2,1-3H3. The quantitative estimate of drug-likeness (QED) is 0.916. The highest BCUT2D eigenvalue weighted by Gasteiger charge is 2.24. The summed E-state index contributed by atoms with van der Waals surface area (Å²) in [5.74, 6) is 1.12. The summed E-state index contributed by atoms with van der Waals surface area (Å²) in [7, 11) is 2.04. The number of phenols is 1. The number of rotatable bonds is 2. The number of ether oxygens (including phenoxy) is 1. The lowest BCUT2D eigenvalue weighted by atomic mass is 9.99. The first-order chi connectivity index (χ1) is 10.0. The van der Waals surface area contributed by atoms with Crippen LogP contribution in [-0.2, 0) is 6.42 Å². The zero-order valence-electron chi connectivity index (χ0n) is 12.8. The molecule has 1 heterocycles. The van der Waals surface area contributed by atoms with Crippen LogP contribution in [0.15, 0.2) is 36.4 Å². The summed E-state index contributed by atoms with van der Waals surface area (Å²) >= 11 is 0. The van der Waals surface area contributed by atoms with Crippen molar-refractivity contribution in [2.45, 2.75) is 26.4 Å². The molecule has 0 fully saturated rings. The first kappa shape index (κ1) is 13.8. The molecule has 0 amide bonds. The van der Waals surface area contributed by atoms with E-state index in [1.54, 1.807) is 12.1 Å². The molecule has 0 bridgehead atoms. The number of phenolic OH excluding ortho intramolecular Hbond substituents is 1. The smallest absolute Gasteiger partial charge is 0.143 e. The second-order valence-electron chi connectivity index (χ2n) is 5.91. The monoisotopic (exact) mass is 283 g/mol. The maximum Gasteiger partial charge on any atom is 0.143 e. The lowest BCUT2D eigenvalue weighted by Crippen LogP contribution is -2.39. The molecule has 110 valence electrons. The molecule has 21 heavy (non-hydrogen) atoms. The number of benzene rings is 2. The summed E-state index contributed by atoms with van der Waals surface area (Å²) in [4.78, 5) is 2.15. The van der Waals surface area contributed by atoms with Crippen molar-refractivity contribution in [3.63, 3.8) is 0 Å². The van der Waals surface area contributed by atoms with E-state index in [4.69, 9.17) is 4.74 Å². The average Bonchev–Trinajstić information content (AvgIpc) is 2.43. The third kappa shape index (κ3) is 2.82. The summed E-state index contributed by atoms with van der Waals surface area (Å²) in [5, 5.41) is 9.59. The highest BCUT2D eigenvalue weighted by atomic mass is 16.5. The van der Waals surface area contributed by atoms with E-state index < -0.39 is 0 Å². The van der Waals surface area contributed by atoms with Gasteiger partial charge in [-0.3, -0.25) is 0 Å². The predicted molar refractivity (Wildman–Crippen MR) is 85.4 cm³/mol. The summed E-state index contributed by atoms with van der Waals surface area (Å²) in [6.07, 6.45) is 1.03. The number of aromatic hydroxyl groups is 1. The fourth-order valence-electron chi connectivity index (χ4n) is 2.95. The summed E-state index contributed by atoms with van der Waals surface area (Å²) < 4.78 is 6.09. The van der Waals surface area contributed by atoms with E-state index in [-0.39, 0.29) is 11.9 Å². The average molecular weight is 283 g/mol. The number of likely N-dealkylation sites (N-methyl/N-ethyl adjacent to an activating group) is 1. The molecule has 0 aliphatic carbocycles. The molecular weight excluding hydrogens is 262 g/mol. The Labute approximate surface area is 125 Å². The molecule has 0 radical (unpaired) electrons. The Kier molecular flexibility index (Phi) is 3.50. The van der Waals surface area contributed by atoms with Crippen molar-refractivity contribution in [2.24, 2.45) is 0 Å². The molecule has 0 saturated heterocycles. The van der Waals surface area contributed by atoms with Crippen molar-refractivity contribution in [2.75, 3.05) is 18.5 Å². The van der Waals surface area contributed by atoms with Crippen LogP contribution in [0.25, 0.3) is 0 Å². The van der Waals surface area contributed by atoms with Gasteiger partial charge in [-0.2, -0.15) is 0 Å². The van der Waals surface area contributed by atoms with E-state index >= 15 is 0 Å². The van der Waals surface area contributed by atoms with Gasteiger partial charge in [0.1, 0.15) is 17.6 Å². The minimum absolute atomic E-state index is 0.133. The molecule has 0 saturated carbocycles. The van der Waals surface area contributed by atoms with Crippen LogP contribution in [0.2, 0.25) is 0 Å². The molecule has 1 unspecified atom stereocenters. The molecule has 0 spiro atoms. The lowest BCUT2D eigenvalue weighted by molar-refractivity contribution is 0.195. The van der Waals surface area contributed by atoms with Gasteiger partial charge >= 0.3 is 0 Å². The highest BCUT2D eigenvalue weighted by Crippen LogP contribution is 2.35. The zero-order valence-corrected chi connectivity index (χ0v) is 12.8. The van der Waals surface area contributed by atoms with Gasteiger partial charge in [-0.15, -0.1) is 0 Å².